The van der Waals surface area contributed by atoms with Crippen LogP contribution in [-0.4, -0.2) is 43.7 Å². The number of aliphatic hydroxyl groups excluding tert-OH is 1. The summed E-state index contributed by atoms with van der Waals surface area (Å²) in [5.74, 6) is 0.287. The molecule has 0 radical (unpaired) electrons. The molecular weight excluding hydrogens is 366 g/mol. The number of ether oxygens (including phenoxy) is 1. The fourth-order valence-corrected chi connectivity index (χ4v) is 2.67. The van der Waals surface area contributed by atoms with E-state index in [0.717, 1.165) is 5.56 Å². The zero-order valence-electron chi connectivity index (χ0n) is 15.7. The molecule has 27 heavy (non-hydrogen) atoms. The highest BCUT2D eigenvalue weighted by Gasteiger charge is 2.20. The standard InChI is InChI=1S/C20H22ClN3O3/c1-13(14-9-11-15(21)12-10-14)23-19(25)17-8-6-5-7-16(17)18(24-27-4)20(22-2)26-3/h5-12,19,25H,1-4H3/b22-20?,23-13+,24-18+. The third-order valence-electron chi connectivity index (χ3n) is 3.85. The molecule has 2 aromatic carbocycles. The average Bonchev–Trinajstić information content (AvgIpc) is 2.68. The van der Waals surface area contributed by atoms with Crippen LogP contribution in [0.3, 0.4) is 0 Å². The molecule has 0 fully saturated rings. The van der Waals surface area contributed by atoms with Crippen molar-refractivity contribution in [1.82, 2.24) is 0 Å². The number of benzene rings is 2. The normalized spacial score (nSPS) is 14.1. The minimum absolute atomic E-state index is 0.287. The topological polar surface area (TPSA) is 75.8 Å². The summed E-state index contributed by atoms with van der Waals surface area (Å²) < 4.78 is 5.27. The summed E-state index contributed by atoms with van der Waals surface area (Å²) in [4.78, 5) is 13.4. The zero-order valence-corrected chi connectivity index (χ0v) is 16.4. The molecule has 1 unspecified atom stereocenters. The van der Waals surface area contributed by atoms with Gasteiger partial charge < -0.3 is 14.7 Å². The Bertz CT molecular complexity index is 861. The maximum absolute atomic E-state index is 10.7. The van der Waals surface area contributed by atoms with Crippen molar-refractivity contribution in [2.24, 2.45) is 15.1 Å². The Hall–Kier alpha value is -2.70. The molecular formula is C20H22ClN3O3. The summed E-state index contributed by atoms with van der Waals surface area (Å²) in [6, 6.07) is 14.5. The van der Waals surface area contributed by atoms with Gasteiger partial charge in [-0.05, 0) is 24.6 Å². The molecule has 6 nitrogen and oxygen atoms in total. The number of nitrogens with zero attached hydrogens (tertiary/aromatic N) is 3. The van der Waals surface area contributed by atoms with E-state index in [4.69, 9.17) is 21.2 Å². The maximum atomic E-state index is 10.7. The zero-order chi connectivity index (χ0) is 19.8. The van der Waals surface area contributed by atoms with Gasteiger partial charge in [-0.15, -0.1) is 0 Å². The van der Waals surface area contributed by atoms with Gasteiger partial charge in [0, 0.05) is 28.9 Å². The Morgan fingerprint density at radius 1 is 1.07 bits per heavy atom. The molecule has 0 heterocycles. The van der Waals surface area contributed by atoms with Gasteiger partial charge in [-0.1, -0.05) is 53.2 Å². The molecule has 0 bridgehead atoms. The molecule has 0 aliphatic carbocycles. The fourth-order valence-electron chi connectivity index (χ4n) is 2.54. The van der Waals surface area contributed by atoms with Crippen LogP contribution in [0.2, 0.25) is 5.02 Å². The predicted molar refractivity (Wildman–Crippen MR) is 109 cm³/mol. The summed E-state index contributed by atoms with van der Waals surface area (Å²) in [6.45, 7) is 1.83. The molecule has 7 heteroatoms. The van der Waals surface area contributed by atoms with Gasteiger partial charge in [-0.3, -0.25) is 9.98 Å². The smallest absolute Gasteiger partial charge is 0.238 e. The van der Waals surface area contributed by atoms with Crippen molar-refractivity contribution in [1.29, 1.82) is 0 Å². The molecule has 142 valence electrons. The first-order valence-electron chi connectivity index (χ1n) is 8.21. The van der Waals surface area contributed by atoms with E-state index >= 15 is 0 Å². The molecule has 2 aromatic rings. The quantitative estimate of drug-likeness (QED) is 0.464. The highest BCUT2D eigenvalue weighted by atomic mass is 35.5. The first-order chi connectivity index (χ1) is 13.0. The predicted octanol–water partition coefficient (Wildman–Crippen LogP) is 3.87. The molecule has 0 saturated carbocycles. The van der Waals surface area contributed by atoms with Crippen molar-refractivity contribution < 1.29 is 14.7 Å². The number of rotatable bonds is 6. The van der Waals surface area contributed by atoms with Gasteiger partial charge in [0.1, 0.15) is 7.11 Å². The number of aliphatic hydroxyl groups is 1. The SMILES string of the molecule is CN=C(OC)/C(=N/OC)c1ccccc1C(O)/N=C(\C)c1ccc(Cl)cc1. The van der Waals surface area contributed by atoms with Crippen LogP contribution in [0.4, 0.5) is 0 Å². The first kappa shape index (κ1) is 20.6. The molecule has 0 aromatic heterocycles. The highest BCUT2D eigenvalue weighted by molar-refractivity contribution is 6.45. The van der Waals surface area contributed by atoms with Crippen molar-refractivity contribution in [2.75, 3.05) is 21.3 Å². The molecule has 1 N–H and O–H groups in total. The Morgan fingerprint density at radius 3 is 2.33 bits per heavy atom. The second-order valence-electron chi connectivity index (χ2n) is 5.54. The number of halogens is 1. The van der Waals surface area contributed by atoms with Crippen molar-refractivity contribution >= 4 is 28.9 Å². The number of methoxy groups -OCH3 is 1. The fraction of sp³-hybridized carbons (Fsp3) is 0.250. The van der Waals surface area contributed by atoms with Crippen LogP contribution >= 0.6 is 11.6 Å². The molecule has 0 saturated heterocycles. The maximum Gasteiger partial charge on any atom is 0.238 e. The Balaban J connectivity index is 2.45. The second-order valence-corrected chi connectivity index (χ2v) is 5.97. The minimum Gasteiger partial charge on any atom is -0.480 e. The Labute approximate surface area is 163 Å². The summed E-state index contributed by atoms with van der Waals surface area (Å²) >= 11 is 5.92. The summed E-state index contributed by atoms with van der Waals surface area (Å²) in [5.41, 5.74) is 3.09. The third-order valence-corrected chi connectivity index (χ3v) is 4.11. The number of aliphatic imine (C=N–C) groups is 2. The molecule has 0 amide bonds. The summed E-state index contributed by atoms with van der Waals surface area (Å²) in [5, 5.41) is 15.4. The summed E-state index contributed by atoms with van der Waals surface area (Å²) in [6.07, 6.45) is -1.10. The van der Waals surface area contributed by atoms with Crippen LogP contribution in [0.25, 0.3) is 0 Å². The number of hydrogen-bond acceptors (Lipinski definition) is 6. The number of hydrogen-bond donors (Lipinski definition) is 1. The van der Waals surface area contributed by atoms with E-state index < -0.39 is 6.23 Å². The monoisotopic (exact) mass is 387 g/mol. The Morgan fingerprint density at radius 2 is 1.74 bits per heavy atom. The molecule has 2 rings (SSSR count). The Kier molecular flexibility index (Phi) is 7.52. The van der Waals surface area contributed by atoms with Crippen LogP contribution in [0.15, 0.2) is 63.7 Å². The lowest BCUT2D eigenvalue weighted by Crippen LogP contribution is -2.20. The van der Waals surface area contributed by atoms with E-state index in [9.17, 15) is 5.11 Å². The van der Waals surface area contributed by atoms with Crippen LogP contribution in [0.5, 0.6) is 0 Å². The van der Waals surface area contributed by atoms with E-state index in [-0.39, 0.29) is 5.90 Å². The lowest BCUT2D eigenvalue weighted by atomic mass is 10.0. The van der Waals surface area contributed by atoms with Gasteiger partial charge in [0.2, 0.25) is 5.90 Å². The van der Waals surface area contributed by atoms with Gasteiger partial charge in [0.05, 0.1) is 7.11 Å². The van der Waals surface area contributed by atoms with Crippen LogP contribution in [0.1, 0.15) is 29.8 Å². The van der Waals surface area contributed by atoms with Gasteiger partial charge in [-0.25, -0.2) is 0 Å². The summed E-state index contributed by atoms with van der Waals surface area (Å²) in [7, 11) is 4.52. The van der Waals surface area contributed by atoms with E-state index in [0.29, 0.717) is 27.6 Å². The van der Waals surface area contributed by atoms with Crippen molar-refractivity contribution in [3.8, 4) is 0 Å². The van der Waals surface area contributed by atoms with E-state index in [1.54, 1.807) is 31.3 Å². The average molecular weight is 388 g/mol. The van der Waals surface area contributed by atoms with Gasteiger partial charge in [-0.2, -0.15) is 0 Å². The van der Waals surface area contributed by atoms with Crippen LogP contribution in [-0.2, 0) is 9.57 Å². The van der Waals surface area contributed by atoms with E-state index in [2.05, 4.69) is 15.1 Å². The van der Waals surface area contributed by atoms with Crippen molar-refractivity contribution in [3.63, 3.8) is 0 Å². The van der Waals surface area contributed by atoms with Gasteiger partial charge in [0.15, 0.2) is 11.9 Å². The van der Waals surface area contributed by atoms with Gasteiger partial charge in [0.25, 0.3) is 0 Å². The van der Waals surface area contributed by atoms with Gasteiger partial charge >= 0.3 is 0 Å². The molecule has 0 aliphatic rings. The van der Waals surface area contributed by atoms with Crippen molar-refractivity contribution in [2.45, 2.75) is 13.2 Å². The molecule has 0 spiro atoms. The van der Waals surface area contributed by atoms with E-state index in [1.807, 2.05) is 31.2 Å². The van der Waals surface area contributed by atoms with Crippen molar-refractivity contribution in [3.05, 3.63) is 70.2 Å². The first-order valence-corrected chi connectivity index (χ1v) is 8.59. The molecule has 1 atom stereocenters. The number of oxime groups is 1. The molecule has 0 aliphatic heterocycles. The lowest BCUT2D eigenvalue weighted by molar-refractivity contribution is 0.188. The lowest BCUT2D eigenvalue weighted by Gasteiger charge is -2.15. The second kappa shape index (κ2) is 9.85. The third kappa shape index (κ3) is 5.15. The van der Waals surface area contributed by atoms with Crippen LogP contribution < -0.4 is 0 Å². The highest BCUT2D eigenvalue weighted by Crippen LogP contribution is 2.22. The minimum atomic E-state index is -1.10. The van der Waals surface area contributed by atoms with E-state index in [1.165, 1.54) is 14.2 Å². The largest absolute Gasteiger partial charge is 0.480 e. The van der Waals surface area contributed by atoms with Crippen LogP contribution in [0, 0.1) is 0 Å².